The molecule has 3 aromatic heterocycles. The van der Waals surface area contributed by atoms with Gasteiger partial charge in [-0.1, -0.05) is 35.9 Å². The number of aromatic nitrogens is 4. The lowest BCUT2D eigenvalue weighted by atomic mass is 10.00. The van der Waals surface area contributed by atoms with E-state index in [1.807, 2.05) is 49.5 Å². The quantitative estimate of drug-likeness (QED) is 0.184. The standard InChI is InChI=1S/C41H33ClN8O5S/c1-22-32(56-41-35(22)37(26-7-9-27(42)10-8-26)44-17-33-47-46-23(2)49(33)41)14-12-28-11-6-24(16-43-28)18-48-19-25(20-48)21-55-31-5-3-4-29-36(31)40(54)50(39(29)53)30-13-15-34(51)45-38(30)52/h3-11,16,25,30H,13,15,17-21H2,1-2H3,(H,45,51,52). The van der Waals surface area contributed by atoms with E-state index in [1.165, 1.54) is 0 Å². The minimum absolute atomic E-state index is 0.0627. The number of nitrogens with zero attached hydrogens (tertiary/aromatic N) is 7. The third-order valence-corrected chi connectivity index (χ3v) is 11.9. The van der Waals surface area contributed by atoms with Crippen LogP contribution in [0.5, 0.6) is 5.75 Å². The first kappa shape index (κ1) is 35.7. The zero-order valence-corrected chi connectivity index (χ0v) is 31.9. The van der Waals surface area contributed by atoms with E-state index in [1.54, 1.807) is 29.5 Å². The Morgan fingerprint density at radius 2 is 1.79 bits per heavy atom. The summed E-state index contributed by atoms with van der Waals surface area (Å²) in [7, 11) is 0. The molecule has 2 fully saturated rings. The number of hydrogen-bond donors (Lipinski definition) is 1. The lowest BCUT2D eigenvalue weighted by Crippen LogP contribution is -2.54. The minimum Gasteiger partial charge on any atom is -0.492 e. The third kappa shape index (κ3) is 6.37. The van der Waals surface area contributed by atoms with Gasteiger partial charge >= 0.3 is 0 Å². The Bertz CT molecular complexity index is 2560. The number of pyridine rings is 1. The van der Waals surface area contributed by atoms with Gasteiger partial charge in [-0.2, -0.15) is 0 Å². The van der Waals surface area contributed by atoms with E-state index in [-0.39, 0.29) is 29.9 Å². The van der Waals surface area contributed by atoms with Crippen LogP contribution in [0.2, 0.25) is 5.02 Å². The summed E-state index contributed by atoms with van der Waals surface area (Å²) in [5.74, 6) is 6.56. The number of likely N-dealkylation sites (tertiary alicyclic amines) is 1. The monoisotopic (exact) mass is 784 g/mol. The lowest BCUT2D eigenvalue weighted by molar-refractivity contribution is -0.136. The number of hydrogen-bond acceptors (Lipinski definition) is 11. The Kier molecular flexibility index (Phi) is 9.08. The molecule has 1 atom stereocenters. The van der Waals surface area contributed by atoms with Crippen molar-refractivity contribution in [3.05, 3.63) is 121 Å². The van der Waals surface area contributed by atoms with Crippen molar-refractivity contribution in [2.75, 3.05) is 19.7 Å². The summed E-state index contributed by atoms with van der Waals surface area (Å²) in [5, 5.41) is 12.6. The van der Waals surface area contributed by atoms with Crippen molar-refractivity contribution in [3.63, 3.8) is 0 Å². The van der Waals surface area contributed by atoms with Crippen LogP contribution in [0, 0.1) is 31.6 Å². The molecule has 1 N–H and O–H groups in total. The molecule has 4 aliphatic heterocycles. The van der Waals surface area contributed by atoms with Crippen LogP contribution in [-0.4, -0.2) is 84.6 Å². The van der Waals surface area contributed by atoms with Crippen molar-refractivity contribution in [2.24, 2.45) is 10.9 Å². The van der Waals surface area contributed by atoms with Crippen molar-refractivity contribution in [1.29, 1.82) is 0 Å². The van der Waals surface area contributed by atoms with Crippen LogP contribution in [0.3, 0.4) is 0 Å². The predicted molar refractivity (Wildman–Crippen MR) is 207 cm³/mol. The SMILES string of the molecule is Cc1c(C#Cc2ccc(CN3CC(COc4cccc5c4C(=O)N(C4CCC(=O)NC4=O)C5=O)C3)cn2)sc2c1C(c1ccc(Cl)cc1)=NCc1nnc(C)n1-2. The van der Waals surface area contributed by atoms with E-state index < -0.39 is 29.7 Å². The van der Waals surface area contributed by atoms with Crippen LogP contribution in [0.4, 0.5) is 0 Å². The van der Waals surface area contributed by atoms with Gasteiger partial charge in [0.05, 0.1) is 28.3 Å². The van der Waals surface area contributed by atoms with Crippen LogP contribution < -0.4 is 10.1 Å². The van der Waals surface area contributed by atoms with E-state index in [2.05, 4.69) is 48.7 Å². The Hall–Kier alpha value is -6.01. The Morgan fingerprint density at radius 3 is 2.55 bits per heavy atom. The second-order valence-electron chi connectivity index (χ2n) is 14.2. The van der Waals surface area contributed by atoms with Gasteiger partial charge < -0.3 is 4.74 Å². The van der Waals surface area contributed by atoms with Crippen molar-refractivity contribution >= 4 is 52.3 Å². The molecule has 0 aliphatic carbocycles. The highest BCUT2D eigenvalue weighted by molar-refractivity contribution is 7.15. The third-order valence-electron chi connectivity index (χ3n) is 10.4. The number of piperidine rings is 1. The fourth-order valence-corrected chi connectivity index (χ4v) is 8.95. The maximum absolute atomic E-state index is 13.4. The Balaban J connectivity index is 0.832. The van der Waals surface area contributed by atoms with Crippen LogP contribution in [0.1, 0.15) is 78.0 Å². The molecule has 7 heterocycles. The molecule has 0 radical (unpaired) electrons. The summed E-state index contributed by atoms with van der Waals surface area (Å²) in [5.41, 5.74) is 5.98. The van der Waals surface area contributed by atoms with E-state index in [0.29, 0.717) is 29.6 Å². The summed E-state index contributed by atoms with van der Waals surface area (Å²) >= 11 is 7.79. The number of carbonyl (C=O) groups is 4. The summed E-state index contributed by atoms with van der Waals surface area (Å²) in [6, 6.07) is 15.6. The van der Waals surface area contributed by atoms with Crippen molar-refractivity contribution < 1.29 is 23.9 Å². The number of nitrogens with one attached hydrogen (secondary N) is 1. The van der Waals surface area contributed by atoms with Crippen LogP contribution in [0.15, 0.2) is 65.8 Å². The smallest absolute Gasteiger partial charge is 0.266 e. The second-order valence-corrected chi connectivity index (χ2v) is 15.6. The van der Waals surface area contributed by atoms with Gasteiger partial charge in [0.25, 0.3) is 11.8 Å². The lowest BCUT2D eigenvalue weighted by Gasteiger charge is -2.39. The van der Waals surface area contributed by atoms with Gasteiger partial charge in [0, 0.05) is 54.3 Å². The molecule has 1 unspecified atom stereocenters. The van der Waals surface area contributed by atoms with Gasteiger partial charge in [0.2, 0.25) is 11.8 Å². The molecule has 15 heteroatoms. The second kappa shape index (κ2) is 14.2. The minimum atomic E-state index is -1.02. The van der Waals surface area contributed by atoms with Gasteiger partial charge in [-0.3, -0.25) is 43.9 Å². The molecule has 0 bridgehead atoms. The van der Waals surface area contributed by atoms with Crippen LogP contribution in [-0.2, 0) is 22.7 Å². The summed E-state index contributed by atoms with van der Waals surface area (Å²) in [6.45, 7) is 7.11. The summed E-state index contributed by atoms with van der Waals surface area (Å²) < 4.78 is 8.16. The van der Waals surface area contributed by atoms with E-state index in [9.17, 15) is 19.2 Å². The molecule has 2 saturated heterocycles. The fourth-order valence-electron chi connectivity index (χ4n) is 7.59. The maximum Gasteiger partial charge on any atom is 0.266 e. The van der Waals surface area contributed by atoms with Crippen LogP contribution >= 0.6 is 22.9 Å². The van der Waals surface area contributed by atoms with E-state index in [4.69, 9.17) is 21.3 Å². The van der Waals surface area contributed by atoms with Gasteiger partial charge in [0.15, 0.2) is 5.82 Å². The van der Waals surface area contributed by atoms with Crippen molar-refractivity contribution in [2.45, 2.75) is 45.8 Å². The molecule has 9 rings (SSSR count). The molecule has 4 amide bonds. The number of thiophene rings is 1. The number of aryl methyl sites for hydroxylation is 1. The fraction of sp³-hybridized carbons (Fsp3) is 0.268. The predicted octanol–water partition coefficient (Wildman–Crippen LogP) is 4.66. The van der Waals surface area contributed by atoms with Gasteiger partial charge in [-0.25, -0.2) is 4.98 Å². The molecule has 4 aliphatic rings. The first-order valence-electron chi connectivity index (χ1n) is 18.1. The molecular formula is C41H33ClN8O5S. The average molecular weight is 785 g/mol. The number of amides is 4. The molecule has 0 spiro atoms. The average Bonchev–Trinajstić information content (AvgIpc) is 3.74. The highest BCUT2D eigenvalue weighted by Gasteiger charge is 2.46. The zero-order valence-electron chi connectivity index (χ0n) is 30.3. The molecule has 2 aromatic carbocycles. The van der Waals surface area contributed by atoms with Crippen molar-refractivity contribution in [1.82, 2.24) is 34.9 Å². The van der Waals surface area contributed by atoms with Crippen molar-refractivity contribution in [3.8, 4) is 22.6 Å². The normalized spacial score (nSPS) is 17.9. The van der Waals surface area contributed by atoms with E-state index in [0.717, 1.165) is 74.0 Å². The number of aliphatic imine (C=N–C) groups is 1. The molecular weight excluding hydrogens is 752 g/mol. The van der Waals surface area contributed by atoms with Gasteiger partial charge in [0.1, 0.15) is 34.9 Å². The highest BCUT2D eigenvalue weighted by atomic mass is 35.5. The largest absolute Gasteiger partial charge is 0.492 e. The van der Waals surface area contributed by atoms with E-state index >= 15 is 0 Å². The molecule has 56 heavy (non-hydrogen) atoms. The zero-order chi connectivity index (χ0) is 38.7. The van der Waals surface area contributed by atoms with Gasteiger partial charge in [-0.15, -0.1) is 21.5 Å². The molecule has 5 aromatic rings. The molecule has 0 saturated carbocycles. The molecule has 280 valence electrons. The number of fused-ring (bicyclic) bond motifs is 4. The maximum atomic E-state index is 13.4. The van der Waals surface area contributed by atoms with Crippen LogP contribution in [0.25, 0.3) is 5.00 Å². The topological polar surface area (TPSA) is 152 Å². The Labute approximate surface area is 330 Å². The highest BCUT2D eigenvalue weighted by Crippen LogP contribution is 2.37. The number of imide groups is 2. The number of rotatable bonds is 7. The number of halogens is 1. The summed E-state index contributed by atoms with van der Waals surface area (Å²) in [4.78, 5) is 64.4. The number of benzene rings is 2. The number of ether oxygens (including phenoxy) is 1. The number of carbonyl (C=O) groups excluding carboxylic acids is 4. The molecule has 13 nitrogen and oxygen atoms in total. The first-order chi connectivity index (χ1) is 27.1. The Morgan fingerprint density at radius 1 is 0.964 bits per heavy atom. The summed E-state index contributed by atoms with van der Waals surface area (Å²) in [6.07, 6.45) is 2.02. The van der Waals surface area contributed by atoms with Gasteiger partial charge in [-0.05, 0) is 73.6 Å². The first-order valence-corrected chi connectivity index (χ1v) is 19.3.